The van der Waals surface area contributed by atoms with Crippen LogP contribution < -0.4 is 15.5 Å². The highest BCUT2D eigenvalue weighted by atomic mass is 16.2. The Bertz CT molecular complexity index is 588. The molecule has 0 bridgehead atoms. The van der Waals surface area contributed by atoms with E-state index in [0.29, 0.717) is 13.0 Å². The van der Waals surface area contributed by atoms with Crippen molar-refractivity contribution in [1.29, 1.82) is 0 Å². The van der Waals surface area contributed by atoms with Crippen LogP contribution in [0.15, 0.2) is 29.4 Å². The highest BCUT2D eigenvalue weighted by Crippen LogP contribution is 2.13. The third-order valence-corrected chi connectivity index (χ3v) is 4.04. The van der Waals surface area contributed by atoms with Crippen LogP contribution >= 0.6 is 0 Å². The minimum Gasteiger partial charge on any atom is -0.357 e. The lowest BCUT2D eigenvalue weighted by atomic mass is 10.1. The number of nitrogens with one attached hydrogen (secondary N) is 2. The van der Waals surface area contributed by atoms with Crippen molar-refractivity contribution >= 4 is 17.7 Å². The molecule has 1 amide bonds. The van der Waals surface area contributed by atoms with E-state index in [9.17, 15) is 4.79 Å². The van der Waals surface area contributed by atoms with E-state index in [0.717, 1.165) is 44.5 Å². The van der Waals surface area contributed by atoms with Gasteiger partial charge in [0.2, 0.25) is 5.91 Å². The zero-order valence-electron chi connectivity index (χ0n) is 16.5. The third-order valence-electron chi connectivity index (χ3n) is 4.04. The Hall–Kier alpha value is -2.31. The fourth-order valence-corrected chi connectivity index (χ4v) is 2.81. The first-order valence-electron chi connectivity index (χ1n) is 9.39. The second kappa shape index (κ2) is 9.40. The molecule has 144 valence electrons. The number of aliphatic imine (C=N–C) groups is 1. The summed E-state index contributed by atoms with van der Waals surface area (Å²) in [6.45, 7) is 12.7. The normalized spacial score (nSPS) is 15.8. The smallest absolute Gasteiger partial charge is 0.224 e. The van der Waals surface area contributed by atoms with Crippen LogP contribution in [0.3, 0.4) is 0 Å². The molecule has 1 aromatic heterocycles. The van der Waals surface area contributed by atoms with Crippen molar-refractivity contribution in [2.75, 3.05) is 44.2 Å². The molecule has 0 aromatic carbocycles. The van der Waals surface area contributed by atoms with Gasteiger partial charge in [0.25, 0.3) is 0 Å². The summed E-state index contributed by atoms with van der Waals surface area (Å²) < 4.78 is 0. The lowest BCUT2D eigenvalue weighted by molar-refractivity contribution is -0.131. The van der Waals surface area contributed by atoms with Gasteiger partial charge < -0.3 is 20.4 Å². The molecule has 7 nitrogen and oxygen atoms in total. The summed E-state index contributed by atoms with van der Waals surface area (Å²) in [5.41, 5.74) is -0.0627. The maximum Gasteiger partial charge on any atom is 0.224 e. The van der Waals surface area contributed by atoms with E-state index < -0.39 is 0 Å². The van der Waals surface area contributed by atoms with Gasteiger partial charge in [-0.05, 0) is 39.8 Å². The number of rotatable bonds is 5. The molecule has 1 aliphatic rings. The van der Waals surface area contributed by atoms with Crippen molar-refractivity contribution < 1.29 is 4.79 Å². The maximum absolute atomic E-state index is 12.4. The topological polar surface area (TPSA) is 72.9 Å². The van der Waals surface area contributed by atoms with Crippen LogP contribution in [-0.4, -0.2) is 66.6 Å². The molecule has 0 spiro atoms. The number of pyridine rings is 1. The number of piperazine rings is 1. The summed E-state index contributed by atoms with van der Waals surface area (Å²) in [5, 5.41) is 6.55. The van der Waals surface area contributed by atoms with Crippen molar-refractivity contribution in [3.8, 4) is 0 Å². The van der Waals surface area contributed by atoms with E-state index in [2.05, 4.69) is 46.3 Å². The molecule has 2 heterocycles. The Labute approximate surface area is 156 Å². The fourth-order valence-electron chi connectivity index (χ4n) is 2.81. The predicted molar refractivity (Wildman–Crippen MR) is 107 cm³/mol. The Morgan fingerprint density at radius 1 is 1.23 bits per heavy atom. The molecule has 1 fully saturated rings. The van der Waals surface area contributed by atoms with Crippen molar-refractivity contribution in [2.45, 2.75) is 39.7 Å². The average Bonchev–Trinajstić information content (AvgIpc) is 2.61. The minimum atomic E-state index is -0.0627. The molecule has 0 unspecified atom stereocenters. The van der Waals surface area contributed by atoms with Gasteiger partial charge in [-0.1, -0.05) is 6.07 Å². The van der Waals surface area contributed by atoms with E-state index >= 15 is 0 Å². The first-order chi connectivity index (χ1) is 12.4. The van der Waals surface area contributed by atoms with Gasteiger partial charge in [0.1, 0.15) is 5.82 Å². The molecule has 0 atom stereocenters. The molecule has 7 heteroatoms. The van der Waals surface area contributed by atoms with Gasteiger partial charge in [-0.25, -0.2) is 4.98 Å². The van der Waals surface area contributed by atoms with Crippen molar-refractivity contribution in [2.24, 2.45) is 4.99 Å². The first kappa shape index (κ1) is 20.0. The van der Waals surface area contributed by atoms with Crippen LogP contribution in [0.2, 0.25) is 0 Å². The summed E-state index contributed by atoms with van der Waals surface area (Å²) in [6, 6.07) is 5.92. The van der Waals surface area contributed by atoms with Gasteiger partial charge in [0.15, 0.2) is 5.96 Å². The Kier molecular flexibility index (Phi) is 7.24. The second-order valence-corrected chi connectivity index (χ2v) is 7.44. The first-order valence-corrected chi connectivity index (χ1v) is 9.39. The summed E-state index contributed by atoms with van der Waals surface area (Å²) in [6.07, 6.45) is 2.24. The molecule has 26 heavy (non-hydrogen) atoms. The molecule has 1 saturated heterocycles. The number of hydrogen-bond acceptors (Lipinski definition) is 4. The van der Waals surface area contributed by atoms with E-state index in [4.69, 9.17) is 0 Å². The Balaban J connectivity index is 1.78. The largest absolute Gasteiger partial charge is 0.357 e. The minimum absolute atomic E-state index is 0.0627. The standard InChI is InChI=1S/C19H32N6O/c1-5-20-18(23-19(2,3)4)22-11-9-17(26)25-14-12-24(13-15-25)16-8-6-7-10-21-16/h6-8,10H,5,9,11-15H2,1-4H3,(H2,20,22,23). The second-order valence-electron chi connectivity index (χ2n) is 7.44. The van der Waals surface area contributed by atoms with Crippen LogP contribution in [0.1, 0.15) is 34.1 Å². The van der Waals surface area contributed by atoms with Gasteiger partial charge in [0.05, 0.1) is 6.54 Å². The van der Waals surface area contributed by atoms with E-state index in [-0.39, 0.29) is 11.4 Å². The molecule has 0 radical (unpaired) electrons. The zero-order chi connectivity index (χ0) is 19.0. The Morgan fingerprint density at radius 2 is 1.96 bits per heavy atom. The lowest BCUT2D eigenvalue weighted by Gasteiger charge is -2.35. The van der Waals surface area contributed by atoms with Crippen LogP contribution in [0, 0.1) is 0 Å². The number of nitrogens with zero attached hydrogens (tertiary/aromatic N) is 4. The molecule has 1 aromatic rings. The lowest BCUT2D eigenvalue weighted by Crippen LogP contribution is -2.49. The predicted octanol–water partition coefficient (Wildman–Crippen LogP) is 1.47. The number of amides is 1. The molecular weight excluding hydrogens is 328 g/mol. The molecular formula is C19H32N6O. The van der Waals surface area contributed by atoms with E-state index in [1.807, 2.05) is 30.0 Å². The molecule has 2 rings (SSSR count). The summed E-state index contributed by atoms with van der Waals surface area (Å²) >= 11 is 0. The molecule has 0 aliphatic carbocycles. The van der Waals surface area contributed by atoms with Crippen molar-refractivity contribution in [3.05, 3.63) is 24.4 Å². The fraction of sp³-hybridized carbons (Fsp3) is 0.632. The van der Waals surface area contributed by atoms with E-state index in [1.54, 1.807) is 6.20 Å². The highest BCUT2D eigenvalue weighted by Gasteiger charge is 2.21. The third kappa shape index (κ3) is 6.54. The summed E-state index contributed by atoms with van der Waals surface area (Å²) in [4.78, 5) is 25.5. The van der Waals surface area contributed by atoms with Gasteiger partial charge in [0, 0.05) is 50.9 Å². The number of anilines is 1. The van der Waals surface area contributed by atoms with Gasteiger partial charge in [-0.3, -0.25) is 9.79 Å². The maximum atomic E-state index is 12.4. The van der Waals surface area contributed by atoms with Gasteiger partial charge in [-0.15, -0.1) is 0 Å². The summed E-state index contributed by atoms with van der Waals surface area (Å²) in [7, 11) is 0. The van der Waals surface area contributed by atoms with Crippen LogP contribution in [0.25, 0.3) is 0 Å². The van der Waals surface area contributed by atoms with Crippen LogP contribution in [-0.2, 0) is 4.79 Å². The summed E-state index contributed by atoms with van der Waals surface area (Å²) in [5.74, 6) is 1.90. The number of guanidine groups is 1. The number of carbonyl (C=O) groups is 1. The molecule has 2 N–H and O–H groups in total. The van der Waals surface area contributed by atoms with Gasteiger partial charge >= 0.3 is 0 Å². The van der Waals surface area contributed by atoms with E-state index in [1.165, 1.54) is 0 Å². The highest BCUT2D eigenvalue weighted by molar-refractivity contribution is 5.81. The van der Waals surface area contributed by atoms with Crippen molar-refractivity contribution in [3.63, 3.8) is 0 Å². The SMILES string of the molecule is CCNC(=NCCC(=O)N1CCN(c2ccccn2)CC1)NC(C)(C)C. The molecule has 0 saturated carbocycles. The average molecular weight is 361 g/mol. The van der Waals surface area contributed by atoms with Crippen LogP contribution in [0.5, 0.6) is 0 Å². The quantitative estimate of drug-likeness (QED) is 0.615. The Morgan fingerprint density at radius 3 is 2.54 bits per heavy atom. The van der Waals surface area contributed by atoms with Crippen molar-refractivity contribution in [1.82, 2.24) is 20.5 Å². The monoisotopic (exact) mass is 360 g/mol. The van der Waals surface area contributed by atoms with Crippen LogP contribution in [0.4, 0.5) is 5.82 Å². The zero-order valence-corrected chi connectivity index (χ0v) is 16.5. The number of carbonyl (C=O) groups excluding carboxylic acids is 1. The molecule has 1 aliphatic heterocycles. The van der Waals surface area contributed by atoms with Gasteiger partial charge in [-0.2, -0.15) is 0 Å². The number of hydrogen-bond donors (Lipinski definition) is 2. The number of aromatic nitrogens is 1.